The molecule has 1 heterocycles. The summed E-state index contributed by atoms with van der Waals surface area (Å²) in [4.78, 5) is 4.00. The second-order valence-electron chi connectivity index (χ2n) is 3.31. The van der Waals surface area contributed by atoms with Crippen LogP contribution in [0.25, 0.3) is 0 Å². The van der Waals surface area contributed by atoms with Gasteiger partial charge in [0.05, 0.1) is 0 Å². The molecule has 0 aliphatic rings. The van der Waals surface area contributed by atoms with Crippen molar-refractivity contribution in [3.63, 3.8) is 0 Å². The van der Waals surface area contributed by atoms with Crippen molar-refractivity contribution < 1.29 is 12.9 Å². The maximum Gasteiger partial charge on any atom is 0.226 e. The van der Waals surface area contributed by atoms with Crippen molar-refractivity contribution in [1.29, 1.82) is 0 Å². The van der Waals surface area contributed by atoms with Gasteiger partial charge in [0.25, 0.3) is 0 Å². The molecule has 0 aliphatic carbocycles. The maximum absolute atomic E-state index is 11.2. The van der Waals surface area contributed by atoms with Crippen molar-refractivity contribution in [3.05, 3.63) is 11.7 Å². The van der Waals surface area contributed by atoms with Crippen LogP contribution in [0.1, 0.15) is 30.3 Å². The van der Waals surface area contributed by atoms with Crippen molar-refractivity contribution in [3.8, 4) is 0 Å². The average molecular weight is 253 g/mol. The summed E-state index contributed by atoms with van der Waals surface area (Å²) >= 11 is 5.51. The van der Waals surface area contributed by atoms with E-state index in [2.05, 4.69) is 10.1 Å². The molecule has 0 aliphatic heterocycles. The molecule has 0 saturated heterocycles. The van der Waals surface area contributed by atoms with Gasteiger partial charge in [-0.3, -0.25) is 0 Å². The van der Waals surface area contributed by atoms with Crippen molar-refractivity contribution in [1.82, 2.24) is 10.1 Å². The van der Waals surface area contributed by atoms with Gasteiger partial charge in [0.2, 0.25) is 5.89 Å². The summed E-state index contributed by atoms with van der Waals surface area (Å²) in [7, 11) is -3.17. The first-order valence-electron chi connectivity index (χ1n) is 4.52. The zero-order chi connectivity index (χ0) is 11.5. The van der Waals surface area contributed by atoms with Gasteiger partial charge in [-0.25, -0.2) is 8.42 Å². The predicted molar refractivity (Wildman–Crippen MR) is 56.6 cm³/mol. The standard InChI is InChI=1S/C8H13ClN2O3S/c1-6(15(2,12)13)8-10-7(14-11-8)4-3-5-9/h6H,3-5H2,1-2H3. The van der Waals surface area contributed by atoms with Crippen LogP contribution in [-0.2, 0) is 16.3 Å². The SMILES string of the molecule is CC(c1noc(CCCCl)n1)S(C)(=O)=O. The van der Waals surface area contributed by atoms with Gasteiger partial charge in [-0.15, -0.1) is 11.6 Å². The lowest BCUT2D eigenvalue weighted by Gasteiger charge is -2.01. The monoisotopic (exact) mass is 252 g/mol. The number of nitrogens with zero attached hydrogens (tertiary/aromatic N) is 2. The van der Waals surface area contributed by atoms with Crippen LogP contribution in [-0.4, -0.2) is 30.7 Å². The molecule has 1 aromatic rings. The van der Waals surface area contributed by atoms with E-state index in [9.17, 15) is 8.42 Å². The summed E-state index contributed by atoms with van der Waals surface area (Å²) in [5, 5.41) is 2.90. The number of alkyl halides is 1. The van der Waals surface area contributed by atoms with Gasteiger partial charge < -0.3 is 4.52 Å². The van der Waals surface area contributed by atoms with E-state index in [4.69, 9.17) is 16.1 Å². The fraction of sp³-hybridized carbons (Fsp3) is 0.750. The van der Waals surface area contributed by atoms with E-state index in [-0.39, 0.29) is 5.82 Å². The van der Waals surface area contributed by atoms with Crippen LogP contribution in [0, 0.1) is 0 Å². The van der Waals surface area contributed by atoms with Crippen LogP contribution in [0.15, 0.2) is 4.52 Å². The molecule has 86 valence electrons. The molecule has 0 saturated carbocycles. The van der Waals surface area contributed by atoms with Crippen LogP contribution in [0.2, 0.25) is 0 Å². The van der Waals surface area contributed by atoms with Crippen molar-refractivity contribution in [2.75, 3.05) is 12.1 Å². The number of halogens is 1. The van der Waals surface area contributed by atoms with Crippen molar-refractivity contribution >= 4 is 21.4 Å². The van der Waals surface area contributed by atoms with Crippen LogP contribution >= 0.6 is 11.6 Å². The van der Waals surface area contributed by atoms with Crippen molar-refractivity contribution in [2.45, 2.75) is 25.0 Å². The first-order chi connectivity index (χ1) is 6.95. The highest BCUT2D eigenvalue weighted by molar-refractivity contribution is 7.90. The normalized spacial score (nSPS) is 14.1. The Morgan fingerprint density at radius 1 is 1.53 bits per heavy atom. The summed E-state index contributed by atoms with van der Waals surface area (Å²) in [6.45, 7) is 1.53. The molecule has 0 radical (unpaired) electrons. The highest BCUT2D eigenvalue weighted by atomic mass is 35.5. The highest BCUT2D eigenvalue weighted by Gasteiger charge is 2.22. The molecule has 1 rings (SSSR count). The zero-order valence-electron chi connectivity index (χ0n) is 8.60. The fourth-order valence-electron chi connectivity index (χ4n) is 0.944. The van der Waals surface area contributed by atoms with E-state index in [1.165, 1.54) is 6.92 Å². The molecule has 0 spiro atoms. The number of hydrogen-bond donors (Lipinski definition) is 0. The van der Waals surface area contributed by atoms with Gasteiger partial charge in [-0.2, -0.15) is 4.98 Å². The van der Waals surface area contributed by atoms with Gasteiger partial charge in [0, 0.05) is 18.6 Å². The van der Waals surface area contributed by atoms with E-state index in [0.717, 1.165) is 12.7 Å². The van der Waals surface area contributed by atoms with Gasteiger partial charge in [0.15, 0.2) is 15.7 Å². The second kappa shape index (κ2) is 4.94. The third-order valence-electron chi connectivity index (χ3n) is 2.01. The van der Waals surface area contributed by atoms with Gasteiger partial charge in [0.1, 0.15) is 5.25 Å². The Morgan fingerprint density at radius 2 is 2.20 bits per heavy atom. The average Bonchev–Trinajstić information content (AvgIpc) is 2.60. The Balaban J connectivity index is 2.76. The highest BCUT2D eigenvalue weighted by Crippen LogP contribution is 2.17. The maximum atomic E-state index is 11.2. The Kier molecular flexibility index (Phi) is 4.10. The molecule has 5 nitrogen and oxygen atoms in total. The topological polar surface area (TPSA) is 73.1 Å². The molecule has 7 heteroatoms. The third kappa shape index (κ3) is 3.46. The van der Waals surface area contributed by atoms with Crippen LogP contribution in [0.5, 0.6) is 0 Å². The van der Waals surface area contributed by atoms with E-state index in [1.807, 2.05) is 0 Å². The largest absolute Gasteiger partial charge is 0.339 e. The molecule has 1 atom stereocenters. The summed E-state index contributed by atoms with van der Waals surface area (Å²) in [6, 6.07) is 0. The summed E-state index contributed by atoms with van der Waals surface area (Å²) in [5.41, 5.74) is 0. The quantitative estimate of drug-likeness (QED) is 0.740. The lowest BCUT2D eigenvalue weighted by atomic mass is 10.3. The number of aromatic nitrogens is 2. The summed E-state index contributed by atoms with van der Waals surface area (Å²) < 4.78 is 27.3. The molecule has 0 N–H and O–H groups in total. The van der Waals surface area contributed by atoms with Crippen LogP contribution < -0.4 is 0 Å². The number of rotatable bonds is 5. The van der Waals surface area contributed by atoms with E-state index in [1.54, 1.807) is 0 Å². The number of sulfone groups is 1. The minimum Gasteiger partial charge on any atom is -0.339 e. The minimum absolute atomic E-state index is 0.210. The molecular formula is C8H13ClN2O3S. The van der Waals surface area contributed by atoms with Crippen LogP contribution in [0.3, 0.4) is 0 Å². The zero-order valence-corrected chi connectivity index (χ0v) is 10.2. The molecule has 15 heavy (non-hydrogen) atoms. The molecule has 1 aromatic heterocycles. The van der Waals surface area contributed by atoms with Crippen molar-refractivity contribution in [2.24, 2.45) is 0 Å². The van der Waals surface area contributed by atoms with Crippen LogP contribution in [0.4, 0.5) is 0 Å². The molecular weight excluding hydrogens is 240 g/mol. The fourth-order valence-corrected chi connectivity index (χ4v) is 1.56. The van der Waals surface area contributed by atoms with Gasteiger partial charge in [-0.1, -0.05) is 5.16 Å². The lowest BCUT2D eigenvalue weighted by molar-refractivity contribution is 0.372. The first kappa shape index (κ1) is 12.4. The molecule has 0 bridgehead atoms. The second-order valence-corrected chi connectivity index (χ2v) is 6.05. The Morgan fingerprint density at radius 3 is 2.73 bits per heavy atom. The Labute approximate surface area is 93.7 Å². The molecule has 0 fully saturated rings. The summed E-state index contributed by atoms with van der Waals surface area (Å²) in [6.07, 6.45) is 2.45. The Bertz CT molecular complexity index is 415. The first-order valence-corrected chi connectivity index (χ1v) is 7.01. The van der Waals surface area contributed by atoms with E-state index < -0.39 is 15.1 Å². The predicted octanol–water partition coefficient (Wildman–Crippen LogP) is 1.35. The Hall–Kier alpha value is -0.620. The molecule has 0 aromatic carbocycles. The summed E-state index contributed by atoms with van der Waals surface area (Å²) in [5.74, 6) is 1.16. The van der Waals surface area contributed by atoms with Gasteiger partial charge >= 0.3 is 0 Å². The number of aryl methyl sites for hydroxylation is 1. The third-order valence-corrected chi connectivity index (χ3v) is 3.78. The molecule has 1 unspecified atom stereocenters. The minimum atomic E-state index is -3.17. The number of hydrogen-bond acceptors (Lipinski definition) is 5. The lowest BCUT2D eigenvalue weighted by Crippen LogP contribution is -2.09. The smallest absolute Gasteiger partial charge is 0.226 e. The van der Waals surface area contributed by atoms with E-state index in [0.29, 0.717) is 18.2 Å². The molecule has 0 amide bonds. The van der Waals surface area contributed by atoms with Gasteiger partial charge in [-0.05, 0) is 13.3 Å². The van der Waals surface area contributed by atoms with E-state index >= 15 is 0 Å².